The van der Waals surface area contributed by atoms with Crippen molar-refractivity contribution in [3.63, 3.8) is 0 Å². The van der Waals surface area contributed by atoms with Gasteiger partial charge in [0, 0.05) is 15.4 Å². The van der Waals surface area contributed by atoms with Gasteiger partial charge in [-0.2, -0.15) is 0 Å². The van der Waals surface area contributed by atoms with Crippen LogP contribution in [0.1, 0.15) is 22.9 Å². The van der Waals surface area contributed by atoms with E-state index in [1.165, 1.54) is 11.3 Å². The van der Waals surface area contributed by atoms with Crippen LogP contribution in [0, 0.1) is 6.92 Å². The summed E-state index contributed by atoms with van der Waals surface area (Å²) in [5.41, 5.74) is 8.93. The summed E-state index contributed by atoms with van der Waals surface area (Å²) in [4.78, 5) is 0. The molecule has 0 fully saturated rings. The lowest BCUT2D eigenvalue weighted by Crippen LogP contribution is -2.10. The molecule has 6 heteroatoms. The molecular weight excluding hydrogens is 381 g/mol. The molecule has 1 atom stereocenters. The number of rotatable bonds is 2. The fourth-order valence-corrected chi connectivity index (χ4v) is 4.31. The van der Waals surface area contributed by atoms with Gasteiger partial charge in [-0.05, 0) is 36.8 Å². The van der Waals surface area contributed by atoms with Gasteiger partial charge in [0.05, 0.1) is 14.7 Å². The molecule has 3 aromatic rings. The van der Waals surface area contributed by atoms with Crippen LogP contribution >= 0.6 is 50.5 Å². The normalized spacial score (nSPS) is 13.1. The Bertz CT molecular complexity index is 796. The van der Waals surface area contributed by atoms with Crippen molar-refractivity contribution < 1.29 is 4.42 Å². The molecule has 2 heterocycles. The molecule has 2 aromatic heterocycles. The molecule has 3 rings (SSSR count). The fraction of sp³-hybridized carbons (Fsp3) is 0.143. The lowest BCUT2D eigenvalue weighted by atomic mass is 10.1. The molecule has 1 aromatic carbocycles. The SMILES string of the molecule is Cc1cc(Br)cc2cc(C(N)c3cc(Cl)sc3Cl)oc12. The largest absolute Gasteiger partial charge is 0.459 e. The zero-order chi connectivity index (χ0) is 14.4. The van der Waals surface area contributed by atoms with Crippen molar-refractivity contribution in [1.82, 2.24) is 0 Å². The minimum absolute atomic E-state index is 0.420. The monoisotopic (exact) mass is 389 g/mol. The summed E-state index contributed by atoms with van der Waals surface area (Å²) in [7, 11) is 0. The highest BCUT2D eigenvalue weighted by atomic mass is 79.9. The summed E-state index contributed by atoms with van der Waals surface area (Å²) in [6.45, 7) is 2.00. The number of benzene rings is 1. The Morgan fingerprint density at radius 3 is 2.65 bits per heavy atom. The third kappa shape index (κ3) is 2.51. The zero-order valence-corrected chi connectivity index (χ0v) is 14.3. The summed E-state index contributed by atoms with van der Waals surface area (Å²) >= 11 is 16.9. The average Bonchev–Trinajstić information content (AvgIpc) is 2.92. The highest BCUT2D eigenvalue weighted by Crippen LogP contribution is 2.38. The highest BCUT2D eigenvalue weighted by molar-refractivity contribution is 9.10. The first-order chi connectivity index (χ1) is 9.45. The Labute approximate surface area is 138 Å². The van der Waals surface area contributed by atoms with Crippen molar-refractivity contribution in [2.45, 2.75) is 13.0 Å². The van der Waals surface area contributed by atoms with Gasteiger partial charge < -0.3 is 10.2 Å². The molecule has 0 aliphatic heterocycles. The molecule has 20 heavy (non-hydrogen) atoms. The summed E-state index contributed by atoms with van der Waals surface area (Å²) in [6.07, 6.45) is 0. The van der Waals surface area contributed by atoms with Gasteiger partial charge in [-0.25, -0.2) is 0 Å². The molecular formula is C14H10BrCl2NOS. The van der Waals surface area contributed by atoms with Crippen molar-refractivity contribution in [3.05, 3.63) is 54.3 Å². The molecule has 0 saturated heterocycles. The van der Waals surface area contributed by atoms with Crippen LogP contribution in [0.3, 0.4) is 0 Å². The number of thiophene rings is 1. The third-order valence-electron chi connectivity index (χ3n) is 3.11. The molecule has 2 N–H and O–H groups in total. The predicted octanol–water partition coefficient (Wildman–Crippen LogP) is 5.92. The second-order valence-electron chi connectivity index (χ2n) is 4.55. The topological polar surface area (TPSA) is 39.2 Å². The van der Waals surface area contributed by atoms with Crippen LogP contribution < -0.4 is 5.73 Å². The lowest BCUT2D eigenvalue weighted by Gasteiger charge is -2.06. The van der Waals surface area contributed by atoms with Gasteiger partial charge >= 0.3 is 0 Å². The number of halogens is 3. The summed E-state index contributed by atoms with van der Waals surface area (Å²) in [5, 5.41) is 1.01. The van der Waals surface area contributed by atoms with Gasteiger partial charge in [0.2, 0.25) is 0 Å². The van der Waals surface area contributed by atoms with Crippen LogP contribution in [0.2, 0.25) is 8.67 Å². The van der Waals surface area contributed by atoms with E-state index in [1.807, 2.05) is 25.1 Å². The van der Waals surface area contributed by atoms with E-state index >= 15 is 0 Å². The minimum atomic E-state index is -0.420. The number of fused-ring (bicyclic) bond motifs is 1. The van der Waals surface area contributed by atoms with E-state index in [1.54, 1.807) is 6.07 Å². The Balaban J connectivity index is 2.10. The average molecular weight is 391 g/mol. The molecule has 2 nitrogen and oxygen atoms in total. The number of furan rings is 1. The number of hydrogen-bond acceptors (Lipinski definition) is 3. The van der Waals surface area contributed by atoms with Gasteiger partial charge in [-0.1, -0.05) is 39.1 Å². The molecule has 1 unspecified atom stereocenters. The van der Waals surface area contributed by atoms with E-state index in [9.17, 15) is 0 Å². The lowest BCUT2D eigenvalue weighted by molar-refractivity contribution is 0.524. The minimum Gasteiger partial charge on any atom is -0.459 e. The molecule has 0 spiro atoms. The molecule has 0 radical (unpaired) electrons. The van der Waals surface area contributed by atoms with Crippen molar-refractivity contribution in [2.24, 2.45) is 5.73 Å². The van der Waals surface area contributed by atoms with E-state index in [2.05, 4.69) is 15.9 Å². The van der Waals surface area contributed by atoms with E-state index in [-0.39, 0.29) is 0 Å². The molecule has 104 valence electrons. The fourth-order valence-electron chi connectivity index (χ4n) is 2.17. The molecule has 0 aliphatic rings. The molecule has 0 aliphatic carbocycles. The van der Waals surface area contributed by atoms with E-state index in [0.29, 0.717) is 14.4 Å². The van der Waals surface area contributed by atoms with Gasteiger partial charge in [-0.3, -0.25) is 0 Å². The zero-order valence-electron chi connectivity index (χ0n) is 10.4. The summed E-state index contributed by atoms with van der Waals surface area (Å²) < 4.78 is 8.12. The van der Waals surface area contributed by atoms with Crippen LogP contribution in [0.5, 0.6) is 0 Å². The van der Waals surface area contributed by atoms with E-state index in [0.717, 1.165) is 26.6 Å². The predicted molar refractivity (Wildman–Crippen MR) is 89.0 cm³/mol. The van der Waals surface area contributed by atoms with Crippen molar-refractivity contribution >= 4 is 61.4 Å². The Morgan fingerprint density at radius 2 is 2.00 bits per heavy atom. The highest BCUT2D eigenvalue weighted by Gasteiger charge is 2.20. The Hall–Kier alpha value is -0.520. The van der Waals surface area contributed by atoms with Crippen molar-refractivity contribution in [3.8, 4) is 0 Å². The van der Waals surface area contributed by atoms with Crippen LogP contribution in [0.25, 0.3) is 11.0 Å². The van der Waals surface area contributed by atoms with Crippen LogP contribution in [-0.4, -0.2) is 0 Å². The Morgan fingerprint density at radius 1 is 1.25 bits per heavy atom. The maximum Gasteiger partial charge on any atom is 0.137 e. The standard InChI is InChI=1S/C14H10BrCl2NOS/c1-6-2-8(15)3-7-4-10(19-13(6)7)12(18)9-5-11(16)20-14(9)17/h2-5,12H,18H2,1H3. The van der Waals surface area contributed by atoms with Gasteiger partial charge in [0.1, 0.15) is 11.3 Å². The summed E-state index contributed by atoms with van der Waals surface area (Å²) in [5.74, 6) is 0.678. The second-order valence-corrected chi connectivity index (χ2v) is 7.75. The second kappa shape index (κ2) is 5.35. The first-order valence-electron chi connectivity index (χ1n) is 5.85. The van der Waals surface area contributed by atoms with Crippen LogP contribution in [0.4, 0.5) is 0 Å². The number of aryl methyl sites for hydroxylation is 1. The van der Waals surface area contributed by atoms with Crippen LogP contribution in [0.15, 0.2) is 33.2 Å². The number of nitrogens with two attached hydrogens (primary N) is 1. The molecule has 0 bridgehead atoms. The van der Waals surface area contributed by atoms with Gasteiger partial charge in [0.25, 0.3) is 0 Å². The maximum absolute atomic E-state index is 6.24. The van der Waals surface area contributed by atoms with E-state index in [4.69, 9.17) is 33.4 Å². The first-order valence-corrected chi connectivity index (χ1v) is 8.22. The van der Waals surface area contributed by atoms with Crippen molar-refractivity contribution in [2.75, 3.05) is 0 Å². The smallest absolute Gasteiger partial charge is 0.137 e. The third-order valence-corrected chi connectivity index (χ3v) is 5.09. The van der Waals surface area contributed by atoms with E-state index < -0.39 is 6.04 Å². The summed E-state index contributed by atoms with van der Waals surface area (Å²) in [6, 6.07) is 7.33. The molecule has 0 amide bonds. The molecule has 0 saturated carbocycles. The quantitative estimate of drug-likeness (QED) is 0.589. The Kier molecular flexibility index (Phi) is 3.86. The maximum atomic E-state index is 6.24. The van der Waals surface area contributed by atoms with Crippen LogP contribution in [-0.2, 0) is 0 Å². The van der Waals surface area contributed by atoms with Gasteiger partial charge in [-0.15, -0.1) is 11.3 Å². The van der Waals surface area contributed by atoms with Gasteiger partial charge in [0.15, 0.2) is 0 Å². The number of hydrogen-bond donors (Lipinski definition) is 1. The van der Waals surface area contributed by atoms with Crippen molar-refractivity contribution in [1.29, 1.82) is 0 Å². The first kappa shape index (κ1) is 14.4.